The van der Waals surface area contributed by atoms with Crippen molar-refractivity contribution in [1.29, 1.82) is 0 Å². The molecule has 40 heavy (non-hydrogen) atoms. The minimum absolute atomic E-state index is 0.152. The molecule has 0 aliphatic carbocycles. The standard InChI is InChI=1S/C35H62N2O3/c1-7-8-9-10-11-12-13-14-15-16-17-18-19-20-21-23-34(38)36-26-22-27-37(5,6)29-35(39)40-32-24-25-33(30(2)3)31(4)28-32/h24-25,28,30H,7-23,26-27,29H2,1-6H3/p+1. The Morgan fingerprint density at radius 3 is 1.82 bits per heavy atom. The van der Waals surface area contributed by atoms with Crippen LogP contribution in [0.25, 0.3) is 0 Å². The Morgan fingerprint density at radius 2 is 1.32 bits per heavy atom. The largest absolute Gasteiger partial charge is 0.422 e. The van der Waals surface area contributed by atoms with Crippen LogP contribution in [-0.4, -0.2) is 50.1 Å². The van der Waals surface area contributed by atoms with Gasteiger partial charge in [-0.2, -0.15) is 0 Å². The maximum Gasteiger partial charge on any atom is 0.367 e. The van der Waals surface area contributed by atoms with Crippen LogP contribution < -0.4 is 10.1 Å². The molecule has 0 aromatic heterocycles. The molecule has 0 bridgehead atoms. The Balaban J connectivity index is 2.01. The van der Waals surface area contributed by atoms with E-state index in [2.05, 4.69) is 33.0 Å². The van der Waals surface area contributed by atoms with Crippen LogP contribution in [0.4, 0.5) is 0 Å². The van der Waals surface area contributed by atoms with Gasteiger partial charge in [0.15, 0.2) is 6.54 Å². The van der Waals surface area contributed by atoms with Crippen molar-refractivity contribution in [1.82, 2.24) is 5.32 Å². The number of likely N-dealkylation sites (N-methyl/N-ethyl adjacent to an activating group) is 1. The number of benzene rings is 1. The fourth-order valence-corrected chi connectivity index (χ4v) is 5.43. The Labute approximate surface area is 247 Å². The summed E-state index contributed by atoms with van der Waals surface area (Å²) < 4.78 is 6.14. The predicted molar refractivity (Wildman–Crippen MR) is 170 cm³/mol. The van der Waals surface area contributed by atoms with Crippen molar-refractivity contribution in [2.24, 2.45) is 0 Å². The summed E-state index contributed by atoms with van der Waals surface area (Å²) in [6.45, 7) is 10.4. The number of nitrogens with zero attached hydrogens (tertiary/aromatic N) is 1. The molecule has 1 aromatic rings. The van der Waals surface area contributed by atoms with Gasteiger partial charge in [0.1, 0.15) is 5.75 Å². The molecule has 1 rings (SSSR count). The van der Waals surface area contributed by atoms with Gasteiger partial charge in [-0.1, -0.05) is 117 Å². The number of aryl methyl sites for hydroxylation is 1. The molecule has 1 N–H and O–H groups in total. The lowest BCUT2D eigenvalue weighted by molar-refractivity contribution is -0.883. The van der Waals surface area contributed by atoms with Crippen LogP contribution in [-0.2, 0) is 9.59 Å². The first kappa shape index (κ1) is 36.1. The molecule has 0 aliphatic heterocycles. The molecule has 230 valence electrons. The summed E-state index contributed by atoms with van der Waals surface area (Å²) in [7, 11) is 4.07. The van der Waals surface area contributed by atoms with Gasteiger partial charge in [-0.3, -0.25) is 4.79 Å². The van der Waals surface area contributed by atoms with E-state index in [4.69, 9.17) is 4.74 Å². The van der Waals surface area contributed by atoms with Crippen molar-refractivity contribution >= 4 is 11.9 Å². The molecule has 0 saturated carbocycles. The van der Waals surface area contributed by atoms with E-state index in [1.165, 1.54) is 89.0 Å². The average Bonchev–Trinajstić information content (AvgIpc) is 2.88. The number of hydrogen-bond donors (Lipinski definition) is 1. The summed E-state index contributed by atoms with van der Waals surface area (Å²) >= 11 is 0. The maximum absolute atomic E-state index is 12.5. The molecule has 5 nitrogen and oxygen atoms in total. The van der Waals surface area contributed by atoms with Gasteiger partial charge in [-0.25, -0.2) is 4.79 Å². The minimum Gasteiger partial charge on any atom is -0.422 e. The summed E-state index contributed by atoms with van der Waals surface area (Å²) in [6, 6.07) is 5.88. The van der Waals surface area contributed by atoms with Crippen LogP contribution in [0.3, 0.4) is 0 Å². The second kappa shape index (κ2) is 21.8. The molecule has 0 aliphatic rings. The number of ether oxygens (including phenoxy) is 1. The molecule has 0 spiro atoms. The van der Waals surface area contributed by atoms with Gasteiger partial charge in [-0.15, -0.1) is 0 Å². The number of hydrogen-bond acceptors (Lipinski definition) is 3. The molecular formula is C35H63N2O3+. The van der Waals surface area contributed by atoms with E-state index < -0.39 is 0 Å². The Hall–Kier alpha value is -1.88. The molecule has 0 heterocycles. The van der Waals surface area contributed by atoms with Crippen molar-refractivity contribution < 1.29 is 18.8 Å². The van der Waals surface area contributed by atoms with Crippen molar-refractivity contribution in [3.63, 3.8) is 0 Å². The van der Waals surface area contributed by atoms with Crippen molar-refractivity contribution in [2.45, 2.75) is 143 Å². The Morgan fingerprint density at radius 1 is 0.800 bits per heavy atom. The van der Waals surface area contributed by atoms with E-state index >= 15 is 0 Å². The fraction of sp³-hybridized carbons (Fsp3) is 0.771. The zero-order valence-electron chi connectivity index (χ0n) is 27.1. The number of carbonyl (C=O) groups excluding carboxylic acids is 2. The summed E-state index contributed by atoms with van der Waals surface area (Å²) in [5.41, 5.74) is 2.42. The van der Waals surface area contributed by atoms with E-state index in [-0.39, 0.29) is 11.9 Å². The van der Waals surface area contributed by atoms with Crippen LogP contribution >= 0.6 is 0 Å². The highest BCUT2D eigenvalue weighted by Crippen LogP contribution is 2.23. The lowest BCUT2D eigenvalue weighted by Crippen LogP contribution is -2.46. The quantitative estimate of drug-likeness (QED) is 0.0595. The van der Waals surface area contributed by atoms with Crippen molar-refractivity contribution in [3.05, 3.63) is 29.3 Å². The molecule has 0 atom stereocenters. The van der Waals surface area contributed by atoms with Crippen molar-refractivity contribution in [3.8, 4) is 5.75 Å². The van der Waals surface area contributed by atoms with Crippen LogP contribution in [0.1, 0.15) is 147 Å². The van der Waals surface area contributed by atoms with Gasteiger partial charge in [0.25, 0.3) is 0 Å². The predicted octanol–water partition coefficient (Wildman–Crippen LogP) is 8.87. The third-order valence-electron chi connectivity index (χ3n) is 7.92. The van der Waals surface area contributed by atoms with E-state index in [0.29, 0.717) is 35.7 Å². The molecular weight excluding hydrogens is 496 g/mol. The highest BCUT2D eigenvalue weighted by Gasteiger charge is 2.21. The summed E-state index contributed by atoms with van der Waals surface area (Å²) in [6.07, 6.45) is 21.5. The molecule has 0 saturated heterocycles. The SMILES string of the molecule is CCCCCCCCCCCCCCCCCC(=O)NCCC[N+](C)(C)CC(=O)Oc1ccc(C(C)C)c(C)c1. The first-order chi connectivity index (χ1) is 19.1. The second-order valence-corrected chi connectivity index (χ2v) is 12.9. The maximum atomic E-state index is 12.5. The smallest absolute Gasteiger partial charge is 0.367 e. The lowest BCUT2D eigenvalue weighted by atomic mass is 9.98. The van der Waals surface area contributed by atoms with Gasteiger partial charge >= 0.3 is 5.97 Å². The first-order valence-corrected chi connectivity index (χ1v) is 16.5. The van der Waals surface area contributed by atoms with Crippen LogP contribution in [0.15, 0.2) is 18.2 Å². The number of carbonyl (C=O) groups is 2. The Bertz CT molecular complexity index is 819. The van der Waals surface area contributed by atoms with Gasteiger partial charge in [0.05, 0.1) is 20.6 Å². The zero-order chi connectivity index (χ0) is 29.6. The average molecular weight is 560 g/mol. The molecule has 0 fully saturated rings. The van der Waals surface area contributed by atoms with Crippen LogP contribution in [0.2, 0.25) is 0 Å². The van der Waals surface area contributed by atoms with E-state index in [1.54, 1.807) is 0 Å². The first-order valence-electron chi connectivity index (χ1n) is 16.5. The summed E-state index contributed by atoms with van der Waals surface area (Å²) in [4.78, 5) is 24.7. The molecule has 5 heteroatoms. The van der Waals surface area contributed by atoms with E-state index in [1.807, 2.05) is 32.3 Å². The summed E-state index contributed by atoms with van der Waals surface area (Å²) in [5.74, 6) is 0.987. The number of nitrogens with one attached hydrogen (secondary N) is 1. The molecule has 0 unspecified atom stereocenters. The monoisotopic (exact) mass is 559 g/mol. The third kappa shape index (κ3) is 18.5. The third-order valence-corrected chi connectivity index (χ3v) is 7.92. The van der Waals surface area contributed by atoms with E-state index in [9.17, 15) is 9.59 Å². The molecule has 0 radical (unpaired) electrons. The topological polar surface area (TPSA) is 55.4 Å². The van der Waals surface area contributed by atoms with Gasteiger partial charge in [-0.05, 0) is 42.5 Å². The van der Waals surface area contributed by atoms with Crippen LogP contribution in [0.5, 0.6) is 5.75 Å². The number of quaternary nitrogens is 1. The van der Waals surface area contributed by atoms with Gasteiger partial charge in [0, 0.05) is 19.4 Å². The minimum atomic E-state index is -0.223. The Kier molecular flexibility index (Phi) is 19.7. The van der Waals surface area contributed by atoms with E-state index in [0.717, 1.165) is 31.4 Å². The number of unbranched alkanes of at least 4 members (excludes halogenated alkanes) is 14. The lowest BCUT2D eigenvalue weighted by Gasteiger charge is -2.28. The number of esters is 1. The highest BCUT2D eigenvalue weighted by atomic mass is 16.5. The summed E-state index contributed by atoms with van der Waals surface area (Å²) in [5, 5.41) is 3.05. The number of amides is 1. The second-order valence-electron chi connectivity index (χ2n) is 12.9. The highest BCUT2D eigenvalue weighted by molar-refractivity contribution is 5.75. The number of rotatable bonds is 24. The van der Waals surface area contributed by atoms with Gasteiger partial charge in [0.2, 0.25) is 5.91 Å². The molecule has 1 aromatic carbocycles. The van der Waals surface area contributed by atoms with Crippen LogP contribution in [0, 0.1) is 6.92 Å². The van der Waals surface area contributed by atoms with Crippen molar-refractivity contribution in [2.75, 3.05) is 33.7 Å². The fourth-order valence-electron chi connectivity index (χ4n) is 5.43. The normalized spacial score (nSPS) is 11.7. The zero-order valence-corrected chi connectivity index (χ0v) is 27.1. The van der Waals surface area contributed by atoms with Gasteiger partial charge < -0.3 is 14.5 Å². The molecule has 1 amide bonds.